The molecule has 0 aliphatic rings. The van der Waals surface area contributed by atoms with Crippen molar-refractivity contribution in [2.45, 2.75) is 0 Å². The van der Waals surface area contributed by atoms with Crippen LogP contribution >= 0.6 is 27.5 Å². The quantitative estimate of drug-likeness (QED) is 0.770. The van der Waals surface area contributed by atoms with Crippen LogP contribution in [0.15, 0.2) is 47.5 Å². The highest BCUT2D eigenvalue weighted by molar-refractivity contribution is 9.10. The molecule has 2 aromatic heterocycles. The normalized spacial score (nSPS) is 10.7. The van der Waals surface area contributed by atoms with Gasteiger partial charge in [-0.3, -0.25) is 9.78 Å². The van der Waals surface area contributed by atoms with Crippen molar-refractivity contribution in [1.29, 1.82) is 0 Å². The van der Waals surface area contributed by atoms with Gasteiger partial charge < -0.3 is 5.32 Å². The minimum Gasteiger partial charge on any atom is -0.321 e. The third kappa shape index (κ3) is 2.39. The number of carbonyl (C=O) groups excluding carboxylic acids is 1. The molecule has 0 saturated heterocycles. The summed E-state index contributed by atoms with van der Waals surface area (Å²) < 4.78 is 2.35. The molecule has 0 aliphatic heterocycles. The molecule has 1 amide bonds. The van der Waals surface area contributed by atoms with Crippen LogP contribution in [0.25, 0.3) is 5.52 Å². The van der Waals surface area contributed by atoms with E-state index in [0.29, 0.717) is 21.8 Å². The lowest BCUT2D eigenvalue weighted by Gasteiger charge is -2.07. The highest BCUT2D eigenvalue weighted by Crippen LogP contribution is 2.26. The Bertz CT molecular complexity index is 802. The van der Waals surface area contributed by atoms with Crippen molar-refractivity contribution in [3.63, 3.8) is 0 Å². The Labute approximate surface area is 127 Å². The van der Waals surface area contributed by atoms with E-state index in [9.17, 15) is 4.79 Å². The number of fused-ring (bicyclic) bond motifs is 1. The van der Waals surface area contributed by atoms with Crippen LogP contribution < -0.4 is 5.32 Å². The minimum atomic E-state index is -0.268. The SMILES string of the molecule is O=C(Nc1cc(Cl)ccc1Br)c1cnn2ccncc12. The van der Waals surface area contributed by atoms with Crippen LogP contribution in [0, 0.1) is 0 Å². The summed E-state index contributed by atoms with van der Waals surface area (Å²) in [6.07, 6.45) is 6.39. The first-order chi connectivity index (χ1) is 9.65. The van der Waals surface area contributed by atoms with Gasteiger partial charge in [-0.2, -0.15) is 5.10 Å². The third-order valence-corrected chi connectivity index (χ3v) is 3.67. The van der Waals surface area contributed by atoms with Crippen molar-refractivity contribution in [1.82, 2.24) is 14.6 Å². The zero-order valence-corrected chi connectivity index (χ0v) is 12.4. The number of benzene rings is 1. The molecule has 0 spiro atoms. The average molecular weight is 352 g/mol. The molecule has 0 saturated carbocycles. The van der Waals surface area contributed by atoms with Crippen LogP contribution in [0.2, 0.25) is 5.02 Å². The molecule has 0 bridgehead atoms. The second kappa shape index (κ2) is 5.22. The third-order valence-electron chi connectivity index (χ3n) is 2.75. The first-order valence-electron chi connectivity index (χ1n) is 5.69. The molecule has 3 rings (SSSR count). The fourth-order valence-corrected chi connectivity index (χ4v) is 2.31. The first kappa shape index (κ1) is 13.1. The summed E-state index contributed by atoms with van der Waals surface area (Å²) in [5, 5.41) is 7.44. The van der Waals surface area contributed by atoms with Gasteiger partial charge in [-0.15, -0.1) is 0 Å². The van der Waals surface area contributed by atoms with Gasteiger partial charge >= 0.3 is 0 Å². The van der Waals surface area contributed by atoms with E-state index in [2.05, 4.69) is 31.3 Å². The second-order valence-corrected chi connectivity index (χ2v) is 5.33. The monoisotopic (exact) mass is 350 g/mol. The summed E-state index contributed by atoms with van der Waals surface area (Å²) >= 11 is 9.29. The van der Waals surface area contributed by atoms with Crippen LogP contribution in [0.3, 0.4) is 0 Å². The number of hydrogen-bond acceptors (Lipinski definition) is 3. The van der Waals surface area contributed by atoms with Gasteiger partial charge in [0.05, 0.1) is 29.2 Å². The van der Waals surface area contributed by atoms with Crippen LogP contribution in [0.4, 0.5) is 5.69 Å². The van der Waals surface area contributed by atoms with Crippen molar-refractivity contribution < 1.29 is 4.79 Å². The van der Waals surface area contributed by atoms with Crippen molar-refractivity contribution in [2.24, 2.45) is 0 Å². The van der Waals surface area contributed by atoms with Crippen molar-refractivity contribution in [2.75, 3.05) is 5.32 Å². The van der Waals surface area contributed by atoms with E-state index in [0.717, 1.165) is 4.47 Å². The Morgan fingerprint density at radius 3 is 3.05 bits per heavy atom. The first-order valence-corrected chi connectivity index (χ1v) is 6.86. The topological polar surface area (TPSA) is 59.3 Å². The fraction of sp³-hybridized carbons (Fsp3) is 0. The van der Waals surface area contributed by atoms with Gasteiger partial charge in [0.1, 0.15) is 0 Å². The maximum absolute atomic E-state index is 12.3. The Balaban J connectivity index is 1.95. The highest BCUT2D eigenvalue weighted by atomic mass is 79.9. The largest absolute Gasteiger partial charge is 0.321 e. The molecule has 5 nitrogen and oxygen atoms in total. The summed E-state index contributed by atoms with van der Waals surface area (Å²) in [6.45, 7) is 0. The predicted molar refractivity (Wildman–Crippen MR) is 80.1 cm³/mol. The Morgan fingerprint density at radius 1 is 1.35 bits per heavy atom. The minimum absolute atomic E-state index is 0.268. The predicted octanol–water partition coefficient (Wildman–Crippen LogP) is 3.40. The van der Waals surface area contributed by atoms with Crippen LogP contribution in [0.5, 0.6) is 0 Å². The molecule has 0 unspecified atom stereocenters. The maximum Gasteiger partial charge on any atom is 0.259 e. The molecule has 0 aliphatic carbocycles. The maximum atomic E-state index is 12.3. The molecule has 3 aromatic rings. The molecular weight excluding hydrogens is 344 g/mol. The number of aromatic nitrogens is 3. The molecular formula is C13H8BrClN4O. The molecule has 1 aromatic carbocycles. The van der Waals surface area contributed by atoms with E-state index in [-0.39, 0.29) is 5.91 Å². The van der Waals surface area contributed by atoms with E-state index in [1.807, 2.05) is 0 Å². The lowest BCUT2D eigenvalue weighted by molar-refractivity contribution is 0.102. The second-order valence-electron chi connectivity index (χ2n) is 4.04. The molecule has 2 heterocycles. The lowest BCUT2D eigenvalue weighted by Crippen LogP contribution is -2.12. The van der Waals surface area contributed by atoms with Gasteiger partial charge in [-0.05, 0) is 34.1 Å². The highest BCUT2D eigenvalue weighted by Gasteiger charge is 2.14. The van der Waals surface area contributed by atoms with Gasteiger partial charge in [-0.1, -0.05) is 11.6 Å². The van der Waals surface area contributed by atoms with Crippen LogP contribution in [-0.4, -0.2) is 20.5 Å². The van der Waals surface area contributed by atoms with E-state index < -0.39 is 0 Å². The average Bonchev–Trinajstić information content (AvgIpc) is 2.87. The van der Waals surface area contributed by atoms with E-state index in [4.69, 9.17) is 11.6 Å². The van der Waals surface area contributed by atoms with Gasteiger partial charge in [0.25, 0.3) is 5.91 Å². The van der Waals surface area contributed by atoms with Crippen LogP contribution in [-0.2, 0) is 0 Å². The summed E-state index contributed by atoms with van der Waals surface area (Å²) in [5.41, 5.74) is 1.69. The zero-order chi connectivity index (χ0) is 14.1. The summed E-state index contributed by atoms with van der Waals surface area (Å²) in [5.74, 6) is -0.268. The molecule has 100 valence electrons. The molecule has 7 heteroatoms. The van der Waals surface area contributed by atoms with Crippen molar-refractivity contribution >= 4 is 44.6 Å². The number of carbonyl (C=O) groups is 1. The number of rotatable bonds is 2. The zero-order valence-electron chi connectivity index (χ0n) is 10.0. The molecule has 20 heavy (non-hydrogen) atoms. The van der Waals surface area contributed by atoms with E-state index >= 15 is 0 Å². The molecule has 0 fully saturated rings. The molecule has 0 atom stereocenters. The summed E-state index contributed by atoms with van der Waals surface area (Å²) in [4.78, 5) is 16.3. The van der Waals surface area contributed by atoms with E-state index in [1.165, 1.54) is 6.20 Å². The van der Waals surface area contributed by atoms with Crippen molar-refractivity contribution in [3.8, 4) is 0 Å². The number of nitrogens with zero attached hydrogens (tertiary/aromatic N) is 3. The Morgan fingerprint density at radius 2 is 2.20 bits per heavy atom. The smallest absolute Gasteiger partial charge is 0.259 e. The number of anilines is 1. The number of nitrogens with one attached hydrogen (secondary N) is 1. The van der Waals surface area contributed by atoms with Gasteiger partial charge in [0.2, 0.25) is 0 Å². The van der Waals surface area contributed by atoms with Crippen molar-refractivity contribution in [3.05, 3.63) is 58.0 Å². The summed E-state index contributed by atoms with van der Waals surface area (Å²) in [6, 6.07) is 5.18. The van der Waals surface area contributed by atoms with Gasteiger partial charge in [-0.25, -0.2) is 4.52 Å². The standard InChI is InChI=1S/C13H8BrClN4O/c14-10-2-1-8(15)5-11(10)18-13(20)9-6-17-19-4-3-16-7-12(9)19/h1-7H,(H,18,20). The van der Waals surface area contributed by atoms with Crippen LogP contribution in [0.1, 0.15) is 10.4 Å². The lowest BCUT2D eigenvalue weighted by atomic mass is 10.2. The summed E-state index contributed by atoms with van der Waals surface area (Å²) in [7, 11) is 0. The Kier molecular flexibility index (Phi) is 3.42. The fourth-order valence-electron chi connectivity index (χ4n) is 1.79. The van der Waals surface area contributed by atoms with Gasteiger partial charge in [0.15, 0.2) is 0 Å². The molecule has 0 radical (unpaired) electrons. The number of halogens is 2. The number of amides is 1. The number of hydrogen-bond donors (Lipinski definition) is 1. The van der Waals surface area contributed by atoms with Gasteiger partial charge in [0, 0.05) is 21.9 Å². The molecule has 1 N–H and O–H groups in total. The van der Waals surface area contributed by atoms with E-state index in [1.54, 1.807) is 41.3 Å². The Hall–Kier alpha value is -1.92.